The quantitative estimate of drug-likeness (QED) is 0.487. The Bertz CT molecular complexity index is 1200. The van der Waals surface area contributed by atoms with Crippen molar-refractivity contribution in [3.05, 3.63) is 64.8 Å². The van der Waals surface area contributed by atoms with Gasteiger partial charge in [-0.1, -0.05) is 35.9 Å². The summed E-state index contributed by atoms with van der Waals surface area (Å²) in [6, 6.07) is 14.0. The number of aromatic nitrogens is 2. The van der Waals surface area contributed by atoms with Crippen molar-refractivity contribution in [3.8, 4) is 22.8 Å². The molecule has 1 unspecified atom stereocenters. The average molecular weight is 491 g/mol. The number of H-pyrrole nitrogens is 1. The van der Waals surface area contributed by atoms with E-state index in [4.69, 9.17) is 14.2 Å². The molecule has 1 saturated heterocycles. The zero-order chi connectivity index (χ0) is 25.1. The Morgan fingerprint density at radius 3 is 2.44 bits per heavy atom. The molecule has 1 N–H and O–H groups in total. The molecule has 1 atom stereocenters. The lowest BCUT2D eigenvalue weighted by Crippen LogP contribution is -2.42. The van der Waals surface area contributed by atoms with E-state index in [2.05, 4.69) is 46.3 Å². The molecule has 190 valence electrons. The van der Waals surface area contributed by atoms with Crippen molar-refractivity contribution in [2.45, 2.75) is 26.8 Å². The number of morpholine rings is 1. The monoisotopic (exact) mass is 490 g/mol. The van der Waals surface area contributed by atoms with E-state index in [1.54, 1.807) is 0 Å². The predicted molar refractivity (Wildman–Crippen MR) is 138 cm³/mol. The van der Waals surface area contributed by atoms with Crippen LogP contribution < -0.4 is 9.47 Å². The molecule has 2 aliphatic rings. The minimum atomic E-state index is -0.279. The molecule has 1 fully saturated rings. The van der Waals surface area contributed by atoms with Crippen LogP contribution in [0.3, 0.4) is 0 Å². The summed E-state index contributed by atoms with van der Waals surface area (Å²) in [5, 5.41) is 7.66. The van der Waals surface area contributed by atoms with Crippen molar-refractivity contribution in [1.82, 2.24) is 20.0 Å². The number of carbonyl (C=O) groups excluding carboxylic acids is 1. The van der Waals surface area contributed by atoms with Crippen molar-refractivity contribution < 1.29 is 19.0 Å². The number of hydrogen-bond acceptors (Lipinski definition) is 6. The van der Waals surface area contributed by atoms with Gasteiger partial charge in [0.2, 0.25) is 0 Å². The van der Waals surface area contributed by atoms with Gasteiger partial charge in [0.25, 0.3) is 5.91 Å². The molecule has 8 nitrogen and oxygen atoms in total. The van der Waals surface area contributed by atoms with E-state index >= 15 is 0 Å². The number of hydrogen-bond donors (Lipinski definition) is 1. The minimum Gasteiger partial charge on any atom is -0.490 e. The summed E-state index contributed by atoms with van der Waals surface area (Å²) in [5.74, 6) is 1.37. The molecule has 0 spiro atoms. The summed E-state index contributed by atoms with van der Waals surface area (Å²) in [6.45, 7) is 11.7. The zero-order valence-electron chi connectivity index (χ0n) is 21.3. The number of nitrogens with one attached hydrogen (secondary N) is 1. The van der Waals surface area contributed by atoms with Gasteiger partial charge in [-0.3, -0.25) is 14.8 Å². The zero-order valence-corrected chi connectivity index (χ0v) is 21.3. The fourth-order valence-electron chi connectivity index (χ4n) is 5.02. The van der Waals surface area contributed by atoms with Crippen molar-refractivity contribution in [2.24, 2.45) is 0 Å². The molecule has 0 aliphatic carbocycles. The van der Waals surface area contributed by atoms with E-state index in [9.17, 15) is 4.79 Å². The minimum absolute atomic E-state index is 0.0269. The SMILES string of the molecule is CCOc1ccc(C2c3c(-c4ccc(C)cc4)n[nH]c3C(=O)N2CCN2CCOCC2)cc1OCC. The molecule has 0 bridgehead atoms. The van der Waals surface area contributed by atoms with E-state index < -0.39 is 0 Å². The molecule has 5 rings (SSSR count). The molecule has 3 heterocycles. The normalized spacial score (nSPS) is 17.9. The van der Waals surface area contributed by atoms with Crippen LogP contribution in [0.25, 0.3) is 11.3 Å². The predicted octanol–water partition coefficient (Wildman–Crippen LogP) is 4.06. The van der Waals surface area contributed by atoms with Crippen molar-refractivity contribution in [3.63, 3.8) is 0 Å². The lowest BCUT2D eigenvalue weighted by molar-refractivity contribution is 0.0316. The van der Waals surface area contributed by atoms with Crippen LogP contribution in [0.5, 0.6) is 11.5 Å². The van der Waals surface area contributed by atoms with E-state index in [0.717, 1.165) is 55.2 Å². The number of amides is 1. The number of rotatable bonds is 9. The number of aromatic amines is 1. The molecular weight excluding hydrogens is 456 g/mol. The highest BCUT2D eigenvalue weighted by molar-refractivity contribution is 6.00. The summed E-state index contributed by atoms with van der Waals surface area (Å²) < 4.78 is 17.2. The third-order valence-electron chi connectivity index (χ3n) is 6.83. The van der Waals surface area contributed by atoms with Crippen molar-refractivity contribution in [1.29, 1.82) is 0 Å². The van der Waals surface area contributed by atoms with Crippen LogP contribution in [-0.4, -0.2) is 78.5 Å². The van der Waals surface area contributed by atoms with Crippen LogP contribution in [0.15, 0.2) is 42.5 Å². The van der Waals surface area contributed by atoms with E-state index in [1.807, 2.05) is 36.9 Å². The van der Waals surface area contributed by atoms with Gasteiger partial charge in [0, 0.05) is 37.3 Å². The van der Waals surface area contributed by atoms with E-state index in [-0.39, 0.29) is 11.9 Å². The first-order chi connectivity index (χ1) is 17.6. The summed E-state index contributed by atoms with van der Waals surface area (Å²) >= 11 is 0. The Kier molecular flexibility index (Phi) is 7.25. The number of fused-ring (bicyclic) bond motifs is 1. The molecular formula is C28H34N4O4. The second-order valence-corrected chi connectivity index (χ2v) is 9.15. The Morgan fingerprint density at radius 2 is 1.72 bits per heavy atom. The van der Waals surface area contributed by atoms with Crippen LogP contribution in [0.4, 0.5) is 0 Å². The van der Waals surface area contributed by atoms with Crippen LogP contribution in [-0.2, 0) is 4.74 Å². The highest BCUT2D eigenvalue weighted by atomic mass is 16.5. The average Bonchev–Trinajstić information content (AvgIpc) is 3.44. The van der Waals surface area contributed by atoms with Gasteiger partial charge in [-0.05, 0) is 38.5 Å². The van der Waals surface area contributed by atoms with Gasteiger partial charge >= 0.3 is 0 Å². The summed E-state index contributed by atoms with van der Waals surface area (Å²) in [5.41, 5.74) is 5.43. The Hall–Kier alpha value is -3.36. The molecule has 0 saturated carbocycles. The molecule has 8 heteroatoms. The van der Waals surface area contributed by atoms with Gasteiger partial charge < -0.3 is 19.1 Å². The van der Waals surface area contributed by atoms with E-state index in [0.29, 0.717) is 37.0 Å². The Morgan fingerprint density at radius 1 is 1.00 bits per heavy atom. The van der Waals surface area contributed by atoms with Gasteiger partial charge in [0.15, 0.2) is 11.5 Å². The number of aryl methyl sites for hydroxylation is 1. The van der Waals surface area contributed by atoms with Crippen LogP contribution in [0.1, 0.15) is 47.1 Å². The molecule has 1 amide bonds. The van der Waals surface area contributed by atoms with Gasteiger partial charge in [-0.15, -0.1) is 0 Å². The van der Waals surface area contributed by atoms with E-state index in [1.165, 1.54) is 5.56 Å². The molecule has 0 radical (unpaired) electrons. The molecule has 3 aromatic rings. The highest BCUT2D eigenvalue weighted by Gasteiger charge is 2.42. The molecule has 36 heavy (non-hydrogen) atoms. The second kappa shape index (κ2) is 10.7. The van der Waals surface area contributed by atoms with Gasteiger partial charge in [0.1, 0.15) is 5.69 Å². The fraction of sp³-hybridized carbons (Fsp3) is 0.429. The largest absolute Gasteiger partial charge is 0.490 e. The first-order valence-electron chi connectivity index (χ1n) is 12.8. The maximum atomic E-state index is 13.7. The van der Waals surface area contributed by atoms with Crippen LogP contribution in [0, 0.1) is 6.92 Å². The molecule has 1 aromatic heterocycles. The Balaban J connectivity index is 1.56. The first kappa shape index (κ1) is 24.3. The van der Waals surface area contributed by atoms with Gasteiger partial charge in [0.05, 0.1) is 38.2 Å². The van der Waals surface area contributed by atoms with Gasteiger partial charge in [-0.2, -0.15) is 5.10 Å². The smallest absolute Gasteiger partial charge is 0.273 e. The summed E-state index contributed by atoms with van der Waals surface area (Å²) in [6.07, 6.45) is 0. The highest BCUT2D eigenvalue weighted by Crippen LogP contribution is 2.44. The van der Waals surface area contributed by atoms with Crippen molar-refractivity contribution >= 4 is 5.91 Å². The van der Waals surface area contributed by atoms with Crippen molar-refractivity contribution in [2.75, 3.05) is 52.6 Å². The fourth-order valence-corrected chi connectivity index (χ4v) is 5.02. The third kappa shape index (κ3) is 4.70. The number of carbonyl (C=O) groups is 1. The number of ether oxygens (including phenoxy) is 3. The van der Waals surface area contributed by atoms with Crippen LogP contribution >= 0.6 is 0 Å². The second-order valence-electron chi connectivity index (χ2n) is 9.15. The number of benzene rings is 2. The van der Waals surface area contributed by atoms with Gasteiger partial charge in [-0.25, -0.2) is 0 Å². The molecule has 2 aliphatic heterocycles. The summed E-state index contributed by atoms with van der Waals surface area (Å²) in [4.78, 5) is 18.0. The first-order valence-corrected chi connectivity index (χ1v) is 12.8. The maximum Gasteiger partial charge on any atom is 0.273 e. The summed E-state index contributed by atoms with van der Waals surface area (Å²) in [7, 11) is 0. The topological polar surface area (TPSA) is 79.9 Å². The maximum absolute atomic E-state index is 13.7. The Labute approximate surface area is 212 Å². The number of nitrogens with zero attached hydrogens (tertiary/aromatic N) is 3. The third-order valence-corrected chi connectivity index (χ3v) is 6.83. The van der Waals surface area contributed by atoms with Crippen LogP contribution in [0.2, 0.25) is 0 Å². The lowest BCUT2D eigenvalue weighted by Gasteiger charge is -2.31. The standard InChI is InChI=1S/C28H34N4O4/c1-4-35-22-11-10-21(18-23(22)36-5-2)27-24-25(20-8-6-19(3)7-9-20)29-30-26(24)28(33)32(27)13-12-31-14-16-34-17-15-31/h6-11,18,27H,4-5,12-17H2,1-3H3,(H,29,30). The lowest BCUT2D eigenvalue weighted by atomic mass is 9.95. The molecule has 2 aromatic carbocycles.